The Bertz CT molecular complexity index is 667. The van der Waals surface area contributed by atoms with Crippen molar-refractivity contribution < 1.29 is 14.3 Å². The van der Waals surface area contributed by atoms with Crippen LogP contribution in [0.25, 0.3) is 6.08 Å². The average molecular weight is 270 g/mol. The summed E-state index contributed by atoms with van der Waals surface area (Å²) in [5, 5.41) is 9.72. The molecule has 0 bridgehead atoms. The van der Waals surface area contributed by atoms with Gasteiger partial charge in [-0.05, 0) is 68.7 Å². The first-order chi connectivity index (χ1) is 9.38. The van der Waals surface area contributed by atoms with Crippen LogP contribution in [0, 0.1) is 27.7 Å². The minimum Gasteiger partial charge on any atom is -0.507 e. The van der Waals surface area contributed by atoms with Crippen molar-refractivity contribution in [3.8, 4) is 5.75 Å². The molecule has 1 heterocycles. The van der Waals surface area contributed by atoms with E-state index in [4.69, 9.17) is 4.42 Å². The van der Waals surface area contributed by atoms with Gasteiger partial charge >= 0.3 is 0 Å². The summed E-state index contributed by atoms with van der Waals surface area (Å²) in [6, 6.07) is 5.44. The number of furan rings is 1. The smallest absolute Gasteiger partial charge is 0.189 e. The molecule has 0 aliphatic heterocycles. The Kier molecular flexibility index (Phi) is 3.79. The van der Waals surface area contributed by atoms with Gasteiger partial charge in [0, 0.05) is 0 Å². The third-order valence-corrected chi connectivity index (χ3v) is 3.25. The number of carbonyl (C=O) groups excluding carboxylic acids is 1. The van der Waals surface area contributed by atoms with Gasteiger partial charge in [0.15, 0.2) is 5.78 Å². The second-order valence-corrected chi connectivity index (χ2v) is 5.03. The lowest BCUT2D eigenvalue weighted by molar-refractivity contribution is 0.104. The van der Waals surface area contributed by atoms with E-state index in [0.29, 0.717) is 17.1 Å². The van der Waals surface area contributed by atoms with E-state index in [-0.39, 0.29) is 5.78 Å². The highest BCUT2D eigenvalue weighted by Crippen LogP contribution is 2.23. The van der Waals surface area contributed by atoms with Crippen molar-refractivity contribution in [2.45, 2.75) is 27.7 Å². The van der Waals surface area contributed by atoms with Crippen LogP contribution < -0.4 is 0 Å². The van der Waals surface area contributed by atoms with Gasteiger partial charge in [-0.1, -0.05) is 6.08 Å². The molecule has 1 aromatic heterocycles. The van der Waals surface area contributed by atoms with Crippen LogP contribution in [0.3, 0.4) is 0 Å². The van der Waals surface area contributed by atoms with Crippen molar-refractivity contribution in [1.82, 2.24) is 0 Å². The molecule has 0 aliphatic rings. The van der Waals surface area contributed by atoms with Gasteiger partial charge in [-0.2, -0.15) is 0 Å². The summed E-state index contributed by atoms with van der Waals surface area (Å²) in [7, 11) is 0. The summed E-state index contributed by atoms with van der Waals surface area (Å²) in [5.74, 6) is 1.59. The summed E-state index contributed by atoms with van der Waals surface area (Å²) in [4.78, 5) is 12.1. The molecule has 2 aromatic rings. The molecule has 3 heteroatoms. The van der Waals surface area contributed by atoms with Crippen molar-refractivity contribution >= 4 is 11.9 Å². The Morgan fingerprint density at radius 2 is 1.70 bits per heavy atom. The third-order valence-electron chi connectivity index (χ3n) is 3.25. The zero-order chi connectivity index (χ0) is 14.9. The Labute approximate surface area is 118 Å². The zero-order valence-corrected chi connectivity index (χ0v) is 12.2. The van der Waals surface area contributed by atoms with Gasteiger partial charge in [-0.15, -0.1) is 0 Å². The first-order valence-corrected chi connectivity index (χ1v) is 6.48. The molecule has 0 unspecified atom stereocenters. The number of allylic oxidation sites excluding steroid dienone is 1. The molecule has 0 atom stereocenters. The lowest BCUT2D eigenvalue weighted by atomic mass is 10.0. The molecule has 20 heavy (non-hydrogen) atoms. The van der Waals surface area contributed by atoms with Gasteiger partial charge in [0.2, 0.25) is 0 Å². The second-order valence-electron chi connectivity index (χ2n) is 5.03. The molecule has 3 nitrogen and oxygen atoms in total. The van der Waals surface area contributed by atoms with Crippen LogP contribution in [0.15, 0.2) is 28.7 Å². The molecule has 0 fully saturated rings. The molecule has 0 amide bonds. The van der Waals surface area contributed by atoms with Gasteiger partial charge < -0.3 is 9.52 Å². The normalized spacial score (nSPS) is 11.2. The van der Waals surface area contributed by atoms with Crippen LogP contribution in [0.1, 0.15) is 38.6 Å². The Balaban J connectivity index is 2.26. The van der Waals surface area contributed by atoms with Crippen LogP contribution in [0.5, 0.6) is 5.75 Å². The maximum Gasteiger partial charge on any atom is 0.189 e. The van der Waals surface area contributed by atoms with Crippen LogP contribution in [-0.4, -0.2) is 10.9 Å². The number of ketones is 1. The number of aryl methyl sites for hydroxylation is 4. The fraction of sp³-hybridized carbons (Fsp3) is 0.235. The summed E-state index contributed by atoms with van der Waals surface area (Å²) in [6.07, 6.45) is 3.28. The van der Waals surface area contributed by atoms with Gasteiger partial charge in [-0.25, -0.2) is 0 Å². The molecular formula is C17H18O3. The minimum absolute atomic E-state index is 0.0808. The van der Waals surface area contributed by atoms with E-state index in [0.717, 1.165) is 22.5 Å². The highest BCUT2D eigenvalue weighted by atomic mass is 16.3. The number of phenolic OH excluding ortho intramolecular Hbond substituents is 1. The van der Waals surface area contributed by atoms with Crippen molar-refractivity contribution in [2.24, 2.45) is 0 Å². The van der Waals surface area contributed by atoms with E-state index in [2.05, 4.69) is 0 Å². The van der Waals surface area contributed by atoms with Crippen molar-refractivity contribution in [1.29, 1.82) is 0 Å². The lowest BCUT2D eigenvalue weighted by Gasteiger charge is -2.04. The highest BCUT2D eigenvalue weighted by Gasteiger charge is 2.10. The summed E-state index contributed by atoms with van der Waals surface area (Å²) >= 11 is 0. The summed E-state index contributed by atoms with van der Waals surface area (Å²) in [5.41, 5.74) is 3.08. The summed E-state index contributed by atoms with van der Waals surface area (Å²) in [6.45, 7) is 7.28. The maximum atomic E-state index is 12.1. The number of rotatable bonds is 3. The van der Waals surface area contributed by atoms with Gasteiger partial charge in [-0.3, -0.25) is 4.79 Å². The molecule has 104 valence electrons. The lowest BCUT2D eigenvalue weighted by Crippen LogP contribution is -1.94. The highest BCUT2D eigenvalue weighted by molar-refractivity contribution is 6.07. The van der Waals surface area contributed by atoms with Gasteiger partial charge in [0.05, 0.1) is 5.56 Å². The van der Waals surface area contributed by atoms with E-state index >= 15 is 0 Å². The maximum absolute atomic E-state index is 12.1. The molecular weight excluding hydrogens is 252 g/mol. The summed E-state index contributed by atoms with van der Waals surface area (Å²) < 4.78 is 5.35. The topological polar surface area (TPSA) is 50.4 Å². The van der Waals surface area contributed by atoms with Crippen LogP contribution in [-0.2, 0) is 0 Å². The first-order valence-electron chi connectivity index (χ1n) is 6.48. The number of phenols is 1. The molecule has 1 aromatic carbocycles. The molecule has 2 rings (SSSR count). The van der Waals surface area contributed by atoms with Gasteiger partial charge in [0.25, 0.3) is 0 Å². The Morgan fingerprint density at radius 1 is 1.10 bits per heavy atom. The van der Waals surface area contributed by atoms with Gasteiger partial charge in [0.1, 0.15) is 17.3 Å². The molecule has 0 aliphatic carbocycles. The molecule has 1 N–H and O–H groups in total. The van der Waals surface area contributed by atoms with E-state index in [1.807, 2.05) is 32.9 Å². The third kappa shape index (κ3) is 2.82. The minimum atomic E-state index is -0.0808. The molecule has 0 spiro atoms. The molecule has 0 saturated carbocycles. The predicted octanol–water partition coefficient (Wildman–Crippen LogP) is 4.11. The SMILES string of the molecule is Cc1cc(C(=O)/C=C/c2cc(C)c(O)c(C)c2)c(C)o1. The average Bonchev–Trinajstić information content (AvgIpc) is 2.72. The number of hydrogen-bond donors (Lipinski definition) is 1. The van der Waals surface area contributed by atoms with Crippen LogP contribution >= 0.6 is 0 Å². The predicted molar refractivity (Wildman–Crippen MR) is 79.1 cm³/mol. The van der Waals surface area contributed by atoms with Crippen molar-refractivity contribution in [3.63, 3.8) is 0 Å². The van der Waals surface area contributed by atoms with E-state index in [9.17, 15) is 9.90 Å². The standard InChI is InChI=1S/C17H18O3/c1-10-7-14(8-11(2)17(10)19)5-6-16(18)15-9-12(3)20-13(15)4/h5-9,19H,1-4H3/b6-5+. The number of carbonyl (C=O) groups is 1. The van der Waals surface area contributed by atoms with Crippen molar-refractivity contribution in [3.05, 3.63) is 58.0 Å². The first kappa shape index (κ1) is 14.1. The quantitative estimate of drug-likeness (QED) is 0.674. The number of hydrogen-bond acceptors (Lipinski definition) is 3. The Morgan fingerprint density at radius 3 is 2.20 bits per heavy atom. The number of aromatic hydroxyl groups is 1. The molecule has 0 saturated heterocycles. The van der Waals surface area contributed by atoms with E-state index in [1.54, 1.807) is 19.1 Å². The van der Waals surface area contributed by atoms with E-state index < -0.39 is 0 Å². The van der Waals surface area contributed by atoms with Crippen molar-refractivity contribution in [2.75, 3.05) is 0 Å². The fourth-order valence-electron chi connectivity index (χ4n) is 2.22. The van der Waals surface area contributed by atoms with E-state index in [1.165, 1.54) is 6.08 Å². The van der Waals surface area contributed by atoms with Crippen LogP contribution in [0.2, 0.25) is 0 Å². The number of benzene rings is 1. The fourth-order valence-corrected chi connectivity index (χ4v) is 2.22. The van der Waals surface area contributed by atoms with Crippen LogP contribution in [0.4, 0.5) is 0 Å². The Hall–Kier alpha value is -2.29. The second kappa shape index (κ2) is 5.37. The largest absolute Gasteiger partial charge is 0.507 e. The zero-order valence-electron chi connectivity index (χ0n) is 12.2. The monoisotopic (exact) mass is 270 g/mol. The molecule has 0 radical (unpaired) electrons.